The van der Waals surface area contributed by atoms with E-state index < -0.39 is 0 Å². The predicted molar refractivity (Wildman–Crippen MR) is 89.0 cm³/mol. The van der Waals surface area contributed by atoms with Gasteiger partial charge in [-0.2, -0.15) is 0 Å². The van der Waals surface area contributed by atoms with Crippen LogP contribution >= 0.6 is 0 Å². The number of nitrogens with zero attached hydrogens (tertiary/aromatic N) is 2. The van der Waals surface area contributed by atoms with E-state index in [0.717, 1.165) is 0 Å². The van der Waals surface area contributed by atoms with Crippen molar-refractivity contribution in [3.8, 4) is 11.6 Å². The van der Waals surface area contributed by atoms with Gasteiger partial charge in [-0.15, -0.1) is 0 Å². The SMILES string of the molecule is COC(=O)CCCN(C)C(=O)c1ccc(Oc2ccccc2)nc1. The van der Waals surface area contributed by atoms with Crippen LogP contribution in [0.3, 0.4) is 0 Å². The summed E-state index contributed by atoms with van der Waals surface area (Å²) in [5, 5.41) is 0. The maximum atomic E-state index is 12.3. The fraction of sp³-hybridized carbons (Fsp3) is 0.278. The standard InChI is InChI=1S/C18H20N2O4/c1-20(12-6-9-17(21)23-2)18(22)14-10-11-16(19-13-14)24-15-7-4-3-5-8-15/h3-5,7-8,10-11,13H,6,9,12H2,1-2H3. The van der Waals surface area contributed by atoms with Crippen LogP contribution in [0.15, 0.2) is 48.7 Å². The van der Waals surface area contributed by atoms with Crippen molar-refractivity contribution in [3.05, 3.63) is 54.2 Å². The maximum Gasteiger partial charge on any atom is 0.305 e. The summed E-state index contributed by atoms with van der Waals surface area (Å²) in [6, 6.07) is 12.6. The van der Waals surface area contributed by atoms with Crippen LogP contribution in [-0.2, 0) is 9.53 Å². The summed E-state index contributed by atoms with van der Waals surface area (Å²) >= 11 is 0. The predicted octanol–water partition coefficient (Wildman–Crippen LogP) is 2.90. The molecule has 1 aromatic carbocycles. The third kappa shape index (κ3) is 5.08. The fourth-order valence-electron chi connectivity index (χ4n) is 2.06. The lowest BCUT2D eigenvalue weighted by molar-refractivity contribution is -0.140. The molecule has 0 fully saturated rings. The number of carbonyl (C=O) groups is 2. The molecule has 0 saturated heterocycles. The summed E-state index contributed by atoms with van der Waals surface area (Å²) in [6.07, 6.45) is 2.32. The van der Waals surface area contributed by atoms with Crippen molar-refractivity contribution >= 4 is 11.9 Å². The molecule has 1 amide bonds. The van der Waals surface area contributed by atoms with Gasteiger partial charge in [0.05, 0.1) is 12.7 Å². The van der Waals surface area contributed by atoms with Gasteiger partial charge in [-0.05, 0) is 24.6 Å². The zero-order valence-electron chi connectivity index (χ0n) is 13.8. The van der Waals surface area contributed by atoms with E-state index in [2.05, 4.69) is 9.72 Å². The molecule has 0 N–H and O–H groups in total. The summed E-state index contributed by atoms with van der Waals surface area (Å²) in [6.45, 7) is 0.468. The molecule has 6 heteroatoms. The molecule has 0 unspecified atom stereocenters. The molecule has 0 atom stereocenters. The van der Waals surface area contributed by atoms with Gasteiger partial charge >= 0.3 is 5.97 Å². The van der Waals surface area contributed by atoms with Crippen molar-refractivity contribution in [2.45, 2.75) is 12.8 Å². The summed E-state index contributed by atoms with van der Waals surface area (Å²) in [5.41, 5.74) is 0.468. The zero-order chi connectivity index (χ0) is 17.4. The first-order valence-electron chi connectivity index (χ1n) is 7.61. The number of hydrogen-bond acceptors (Lipinski definition) is 5. The second-order valence-electron chi connectivity index (χ2n) is 5.21. The lowest BCUT2D eigenvalue weighted by atomic mass is 10.2. The van der Waals surface area contributed by atoms with Gasteiger partial charge in [0.2, 0.25) is 5.88 Å². The highest BCUT2D eigenvalue weighted by Crippen LogP contribution is 2.18. The number of ether oxygens (including phenoxy) is 2. The van der Waals surface area contributed by atoms with Crippen LogP contribution in [0.4, 0.5) is 0 Å². The van der Waals surface area contributed by atoms with Gasteiger partial charge in [0, 0.05) is 32.3 Å². The van der Waals surface area contributed by atoms with Crippen LogP contribution < -0.4 is 4.74 Å². The number of aromatic nitrogens is 1. The van der Waals surface area contributed by atoms with Crippen LogP contribution in [0.5, 0.6) is 11.6 Å². The molecule has 2 rings (SSSR count). The first kappa shape index (κ1) is 17.5. The second-order valence-corrected chi connectivity index (χ2v) is 5.21. The van der Waals surface area contributed by atoms with E-state index in [4.69, 9.17) is 4.74 Å². The fourth-order valence-corrected chi connectivity index (χ4v) is 2.06. The average Bonchev–Trinajstić information content (AvgIpc) is 2.62. The summed E-state index contributed by atoms with van der Waals surface area (Å²) in [5.74, 6) is 0.675. The van der Waals surface area contributed by atoms with Gasteiger partial charge in [-0.25, -0.2) is 4.98 Å². The number of hydrogen-bond donors (Lipinski definition) is 0. The molecule has 0 aliphatic rings. The summed E-state index contributed by atoms with van der Waals surface area (Å²) in [7, 11) is 3.04. The normalized spacial score (nSPS) is 10.1. The number of pyridine rings is 1. The van der Waals surface area contributed by atoms with Crippen LogP contribution in [0.1, 0.15) is 23.2 Å². The first-order chi connectivity index (χ1) is 11.6. The Balaban J connectivity index is 1.89. The molecule has 24 heavy (non-hydrogen) atoms. The van der Waals surface area contributed by atoms with E-state index in [1.165, 1.54) is 13.3 Å². The molecule has 0 bridgehead atoms. The maximum absolute atomic E-state index is 12.3. The number of esters is 1. The van der Waals surface area contributed by atoms with E-state index in [1.54, 1.807) is 24.1 Å². The molecule has 0 aliphatic heterocycles. The Kier molecular flexibility index (Phi) is 6.31. The molecular weight excluding hydrogens is 308 g/mol. The minimum atomic E-state index is -0.278. The van der Waals surface area contributed by atoms with Gasteiger partial charge in [-0.1, -0.05) is 18.2 Å². The number of amides is 1. The van der Waals surface area contributed by atoms with E-state index in [-0.39, 0.29) is 18.3 Å². The van der Waals surface area contributed by atoms with Gasteiger partial charge in [-0.3, -0.25) is 9.59 Å². The lowest BCUT2D eigenvalue weighted by Crippen LogP contribution is -2.28. The molecular formula is C18H20N2O4. The van der Waals surface area contributed by atoms with Crippen molar-refractivity contribution in [1.82, 2.24) is 9.88 Å². The Labute approximate surface area is 141 Å². The van der Waals surface area contributed by atoms with E-state index in [0.29, 0.717) is 30.2 Å². The number of methoxy groups -OCH3 is 1. The lowest BCUT2D eigenvalue weighted by Gasteiger charge is -2.16. The Morgan fingerprint density at radius 2 is 1.88 bits per heavy atom. The van der Waals surface area contributed by atoms with Crippen molar-refractivity contribution in [3.63, 3.8) is 0 Å². The second kappa shape index (κ2) is 8.67. The number of para-hydroxylation sites is 1. The Morgan fingerprint density at radius 3 is 2.50 bits per heavy atom. The monoisotopic (exact) mass is 328 g/mol. The van der Waals surface area contributed by atoms with Gasteiger partial charge in [0.25, 0.3) is 5.91 Å². The van der Waals surface area contributed by atoms with E-state index >= 15 is 0 Å². The number of carbonyl (C=O) groups excluding carboxylic acids is 2. The van der Waals surface area contributed by atoms with Crippen LogP contribution in [0.2, 0.25) is 0 Å². The van der Waals surface area contributed by atoms with Crippen LogP contribution in [0.25, 0.3) is 0 Å². The van der Waals surface area contributed by atoms with Crippen molar-refractivity contribution < 1.29 is 19.1 Å². The van der Waals surface area contributed by atoms with Gasteiger partial charge in [0.15, 0.2) is 0 Å². The molecule has 2 aromatic rings. The Hall–Kier alpha value is -2.89. The molecule has 126 valence electrons. The van der Waals surface area contributed by atoms with Crippen molar-refractivity contribution in [1.29, 1.82) is 0 Å². The van der Waals surface area contributed by atoms with Crippen molar-refractivity contribution in [2.24, 2.45) is 0 Å². The zero-order valence-corrected chi connectivity index (χ0v) is 13.8. The van der Waals surface area contributed by atoms with E-state index in [1.807, 2.05) is 30.3 Å². The molecule has 0 aliphatic carbocycles. The summed E-state index contributed by atoms with van der Waals surface area (Å²) < 4.78 is 10.2. The minimum Gasteiger partial charge on any atom is -0.469 e. The Morgan fingerprint density at radius 1 is 1.12 bits per heavy atom. The number of benzene rings is 1. The first-order valence-corrected chi connectivity index (χ1v) is 7.61. The topological polar surface area (TPSA) is 68.7 Å². The molecule has 6 nitrogen and oxygen atoms in total. The van der Waals surface area contributed by atoms with Gasteiger partial charge < -0.3 is 14.4 Å². The largest absolute Gasteiger partial charge is 0.469 e. The Bertz CT molecular complexity index is 671. The smallest absolute Gasteiger partial charge is 0.305 e. The van der Waals surface area contributed by atoms with Crippen molar-refractivity contribution in [2.75, 3.05) is 20.7 Å². The summed E-state index contributed by atoms with van der Waals surface area (Å²) in [4.78, 5) is 29.1. The minimum absolute atomic E-state index is 0.154. The molecule has 0 radical (unpaired) electrons. The molecule has 0 spiro atoms. The molecule has 0 saturated carbocycles. The molecule has 1 aromatic heterocycles. The third-order valence-electron chi connectivity index (χ3n) is 3.40. The van der Waals surface area contributed by atoms with E-state index in [9.17, 15) is 9.59 Å². The van der Waals surface area contributed by atoms with Crippen LogP contribution in [0, 0.1) is 0 Å². The van der Waals surface area contributed by atoms with Gasteiger partial charge in [0.1, 0.15) is 5.75 Å². The highest BCUT2D eigenvalue weighted by molar-refractivity contribution is 5.93. The van der Waals surface area contributed by atoms with Crippen LogP contribution in [-0.4, -0.2) is 42.5 Å². The third-order valence-corrected chi connectivity index (χ3v) is 3.40. The quantitative estimate of drug-likeness (QED) is 0.731. The molecule has 1 heterocycles. The highest BCUT2D eigenvalue weighted by atomic mass is 16.5. The number of rotatable bonds is 7. The highest BCUT2D eigenvalue weighted by Gasteiger charge is 2.13. The average molecular weight is 328 g/mol.